The van der Waals surface area contributed by atoms with Crippen molar-refractivity contribution >= 4 is 5.91 Å². The van der Waals surface area contributed by atoms with Gasteiger partial charge in [-0.2, -0.15) is 0 Å². The largest absolute Gasteiger partial charge is 0.361 e. The number of carbonyl (C=O) groups is 1. The molecule has 1 atom stereocenters. The molecule has 0 radical (unpaired) electrons. The molecule has 0 fully saturated rings. The second-order valence-electron chi connectivity index (χ2n) is 7.06. The van der Waals surface area contributed by atoms with E-state index in [-0.39, 0.29) is 11.4 Å². The van der Waals surface area contributed by atoms with Crippen LogP contribution in [0, 0.1) is 0 Å². The molecule has 1 aromatic rings. The van der Waals surface area contributed by atoms with Gasteiger partial charge in [0.2, 0.25) is 0 Å². The molecule has 1 heterocycles. The maximum absolute atomic E-state index is 12.6. The van der Waals surface area contributed by atoms with Crippen LogP contribution < -0.4 is 5.32 Å². The van der Waals surface area contributed by atoms with E-state index in [4.69, 9.17) is 4.52 Å². The Balaban J connectivity index is 2.98. The van der Waals surface area contributed by atoms with Gasteiger partial charge in [0, 0.05) is 18.0 Å². The number of likely N-dealkylation sites (N-methyl/N-ethyl adjacent to an activating group) is 1. The van der Waals surface area contributed by atoms with Gasteiger partial charge in [0.25, 0.3) is 5.91 Å². The van der Waals surface area contributed by atoms with Crippen molar-refractivity contribution in [1.29, 1.82) is 0 Å². The van der Waals surface area contributed by atoms with Crippen LogP contribution in [0.15, 0.2) is 10.6 Å². The highest BCUT2D eigenvalue weighted by molar-refractivity contribution is 5.92. The lowest BCUT2D eigenvalue weighted by molar-refractivity contribution is 0.0336. The number of rotatable bonds is 9. The number of aromatic nitrogens is 1. The molecule has 0 saturated carbocycles. The van der Waals surface area contributed by atoms with Crippen molar-refractivity contribution in [3.05, 3.63) is 17.5 Å². The summed E-state index contributed by atoms with van der Waals surface area (Å²) in [5.41, 5.74) is -0.174. The Morgan fingerprint density at radius 2 is 1.91 bits per heavy atom. The Hall–Kier alpha value is -1.36. The van der Waals surface area contributed by atoms with Crippen LogP contribution in [0.4, 0.5) is 0 Å². The summed E-state index contributed by atoms with van der Waals surface area (Å²) in [5.74, 6) is 0.554. The van der Waals surface area contributed by atoms with E-state index in [0.29, 0.717) is 5.69 Å². The molecule has 5 heteroatoms. The minimum absolute atomic E-state index is 0.134. The Morgan fingerprint density at radius 3 is 2.39 bits per heavy atom. The van der Waals surface area contributed by atoms with Crippen LogP contribution >= 0.6 is 0 Å². The van der Waals surface area contributed by atoms with Crippen molar-refractivity contribution in [2.45, 2.75) is 78.3 Å². The summed E-state index contributed by atoms with van der Waals surface area (Å²) in [7, 11) is 2.14. The third-order valence-corrected chi connectivity index (χ3v) is 5.05. The van der Waals surface area contributed by atoms with Crippen LogP contribution in [0.25, 0.3) is 0 Å². The van der Waals surface area contributed by atoms with E-state index in [2.05, 4.69) is 57.0 Å². The zero-order valence-corrected chi connectivity index (χ0v) is 15.8. The second-order valence-corrected chi connectivity index (χ2v) is 7.06. The van der Waals surface area contributed by atoms with Crippen molar-refractivity contribution in [2.24, 2.45) is 0 Å². The molecule has 0 aliphatic heterocycles. The summed E-state index contributed by atoms with van der Waals surface area (Å²) >= 11 is 0. The van der Waals surface area contributed by atoms with E-state index in [0.717, 1.165) is 38.0 Å². The highest BCUT2D eigenvalue weighted by Crippen LogP contribution is 2.32. The first kappa shape index (κ1) is 19.7. The molecule has 1 rings (SSSR count). The standard InChI is InChI=1S/C18H33N3O2/c1-8-11-18(6,21(7)12-9-2)17(4,5)19-16(22)15-13-14(10-3)23-20-15/h13H,8-12H2,1-7H3,(H,19,22). The smallest absolute Gasteiger partial charge is 0.273 e. The zero-order chi connectivity index (χ0) is 17.7. The molecule has 0 saturated heterocycles. The number of aryl methyl sites for hydroxylation is 1. The van der Waals surface area contributed by atoms with E-state index >= 15 is 0 Å². The fraction of sp³-hybridized carbons (Fsp3) is 0.778. The summed E-state index contributed by atoms with van der Waals surface area (Å²) in [6.07, 6.45) is 3.89. The van der Waals surface area contributed by atoms with Gasteiger partial charge in [0.05, 0.1) is 5.54 Å². The molecular weight excluding hydrogens is 290 g/mol. The maximum Gasteiger partial charge on any atom is 0.273 e. The summed E-state index contributed by atoms with van der Waals surface area (Å²) in [6, 6.07) is 1.72. The minimum Gasteiger partial charge on any atom is -0.361 e. The Morgan fingerprint density at radius 1 is 1.26 bits per heavy atom. The van der Waals surface area contributed by atoms with Gasteiger partial charge in [-0.05, 0) is 47.2 Å². The third-order valence-electron chi connectivity index (χ3n) is 5.05. The average molecular weight is 323 g/mol. The fourth-order valence-corrected chi connectivity index (χ4v) is 3.12. The highest BCUT2D eigenvalue weighted by atomic mass is 16.5. The molecule has 1 N–H and O–H groups in total. The van der Waals surface area contributed by atoms with Gasteiger partial charge in [-0.3, -0.25) is 9.69 Å². The summed E-state index contributed by atoms with van der Waals surface area (Å²) in [4.78, 5) is 14.9. The zero-order valence-electron chi connectivity index (χ0n) is 15.8. The molecule has 0 aromatic carbocycles. The summed E-state index contributed by atoms with van der Waals surface area (Å²) < 4.78 is 5.15. The van der Waals surface area contributed by atoms with Crippen LogP contribution in [0.1, 0.15) is 77.1 Å². The predicted molar refractivity (Wildman–Crippen MR) is 93.7 cm³/mol. The molecule has 1 unspecified atom stereocenters. The van der Waals surface area contributed by atoms with Gasteiger partial charge in [0.1, 0.15) is 5.76 Å². The lowest BCUT2D eigenvalue weighted by Gasteiger charge is -2.50. The van der Waals surface area contributed by atoms with Crippen LogP contribution in [-0.2, 0) is 6.42 Å². The van der Waals surface area contributed by atoms with Gasteiger partial charge in [-0.25, -0.2) is 0 Å². The van der Waals surface area contributed by atoms with Crippen molar-refractivity contribution in [3.8, 4) is 0 Å². The molecule has 1 amide bonds. The number of nitrogens with zero attached hydrogens (tertiary/aromatic N) is 2. The van der Waals surface area contributed by atoms with E-state index < -0.39 is 5.54 Å². The van der Waals surface area contributed by atoms with Gasteiger partial charge in [-0.1, -0.05) is 32.3 Å². The lowest BCUT2D eigenvalue weighted by atomic mass is 9.76. The Kier molecular flexibility index (Phi) is 6.81. The van der Waals surface area contributed by atoms with Crippen molar-refractivity contribution in [1.82, 2.24) is 15.4 Å². The molecule has 5 nitrogen and oxygen atoms in total. The topological polar surface area (TPSA) is 58.4 Å². The van der Waals surface area contributed by atoms with E-state index in [1.807, 2.05) is 6.92 Å². The molecule has 0 bridgehead atoms. The molecule has 0 aliphatic carbocycles. The van der Waals surface area contributed by atoms with Crippen LogP contribution in [-0.4, -0.2) is 40.6 Å². The molecule has 0 spiro atoms. The maximum atomic E-state index is 12.6. The number of carbonyl (C=O) groups excluding carboxylic acids is 1. The van der Waals surface area contributed by atoms with Crippen LogP contribution in [0.5, 0.6) is 0 Å². The van der Waals surface area contributed by atoms with Gasteiger partial charge < -0.3 is 9.84 Å². The number of nitrogens with one attached hydrogen (secondary N) is 1. The normalized spacial score (nSPS) is 14.8. The van der Waals surface area contributed by atoms with Crippen LogP contribution in [0.3, 0.4) is 0 Å². The van der Waals surface area contributed by atoms with E-state index in [1.165, 1.54) is 0 Å². The molecule has 1 aromatic heterocycles. The SMILES string of the molecule is CCCN(C)C(C)(CCC)C(C)(C)NC(=O)c1cc(CC)on1. The molecular formula is C18H33N3O2. The molecule has 0 aliphatic rings. The average Bonchev–Trinajstić information content (AvgIpc) is 2.96. The Bertz CT molecular complexity index is 510. The minimum atomic E-state index is -0.394. The lowest BCUT2D eigenvalue weighted by Crippen LogP contribution is -2.66. The second kappa shape index (κ2) is 7.95. The Labute approximate surface area is 140 Å². The fourth-order valence-electron chi connectivity index (χ4n) is 3.12. The first-order valence-electron chi connectivity index (χ1n) is 8.71. The van der Waals surface area contributed by atoms with E-state index in [9.17, 15) is 4.79 Å². The van der Waals surface area contributed by atoms with Gasteiger partial charge >= 0.3 is 0 Å². The van der Waals surface area contributed by atoms with Crippen molar-refractivity contribution < 1.29 is 9.32 Å². The molecule has 23 heavy (non-hydrogen) atoms. The molecule has 132 valence electrons. The van der Waals surface area contributed by atoms with Gasteiger partial charge in [-0.15, -0.1) is 0 Å². The number of hydrogen-bond donors (Lipinski definition) is 1. The third kappa shape index (κ3) is 4.34. The number of hydrogen-bond acceptors (Lipinski definition) is 4. The highest BCUT2D eigenvalue weighted by Gasteiger charge is 2.44. The monoisotopic (exact) mass is 323 g/mol. The van der Waals surface area contributed by atoms with Crippen molar-refractivity contribution in [3.63, 3.8) is 0 Å². The summed E-state index contributed by atoms with van der Waals surface area (Å²) in [5, 5.41) is 7.05. The van der Waals surface area contributed by atoms with Gasteiger partial charge in [0.15, 0.2) is 5.69 Å². The first-order chi connectivity index (χ1) is 10.7. The first-order valence-corrected chi connectivity index (χ1v) is 8.71. The quantitative estimate of drug-likeness (QED) is 0.753. The number of amides is 1. The van der Waals surface area contributed by atoms with E-state index in [1.54, 1.807) is 6.07 Å². The predicted octanol–water partition coefficient (Wildman–Crippen LogP) is 3.65. The van der Waals surface area contributed by atoms with Crippen LogP contribution in [0.2, 0.25) is 0 Å². The summed E-state index contributed by atoms with van der Waals surface area (Å²) in [6.45, 7) is 13.7. The van der Waals surface area contributed by atoms with Crippen molar-refractivity contribution in [2.75, 3.05) is 13.6 Å².